The topological polar surface area (TPSA) is 29.1 Å². The molecule has 1 aliphatic carbocycles. The Kier molecular flexibility index (Phi) is 4.53. The molecule has 1 aliphatic rings. The van der Waals surface area contributed by atoms with Gasteiger partial charge in [-0.15, -0.1) is 0 Å². The lowest BCUT2D eigenvalue weighted by molar-refractivity contribution is -0.117. The average molecular weight is 376 g/mol. The third kappa shape index (κ3) is 3.38. The smallest absolute Gasteiger partial charge is 0.228 e. The molecule has 1 N–H and O–H groups in total. The minimum absolute atomic E-state index is 0.0402. The van der Waals surface area contributed by atoms with E-state index in [2.05, 4.69) is 67.7 Å². The van der Waals surface area contributed by atoms with Gasteiger partial charge in [-0.2, -0.15) is 0 Å². The van der Waals surface area contributed by atoms with Crippen molar-refractivity contribution in [2.24, 2.45) is 5.92 Å². The molecule has 2 nitrogen and oxygen atoms in total. The summed E-state index contributed by atoms with van der Waals surface area (Å²) >= 11 is 6.05. The second kappa shape index (κ2) is 6.86. The number of anilines is 1. The third-order valence-electron chi connectivity index (χ3n) is 5.50. The van der Waals surface area contributed by atoms with Crippen LogP contribution in [0, 0.1) is 19.8 Å². The zero-order valence-corrected chi connectivity index (χ0v) is 16.3. The van der Waals surface area contributed by atoms with Crippen molar-refractivity contribution in [2.45, 2.75) is 25.7 Å². The van der Waals surface area contributed by atoms with E-state index in [1.165, 1.54) is 22.3 Å². The molecule has 3 aromatic carbocycles. The van der Waals surface area contributed by atoms with Crippen molar-refractivity contribution >= 4 is 23.2 Å². The van der Waals surface area contributed by atoms with E-state index in [-0.39, 0.29) is 17.2 Å². The van der Waals surface area contributed by atoms with Crippen molar-refractivity contribution in [3.8, 4) is 0 Å². The number of aryl methyl sites for hydroxylation is 2. The number of benzene rings is 3. The minimum atomic E-state index is -0.260. The van der Waals surface area contributed by atoms with E-state index in [0.717, 1.165) is 12.1 Å². The van der Waals surface area contributed by atoms with E-state index < -0.39 is 0 Å². The summed E-state index contributed by atoms with van der Waals surface area (Å²) in [5, 5.41) is 3.66. The molecule has 0 aromatic heterocycles. The molecule has 3 heteroatoms. The first-order valence-corrected chi connectivity index (χ1v) is 9.57. The van der Waals surface area contributed by atoms with Crippen molar-refractivity contribution < 1.29 is 4.79 Å². The minimum Gasteiger partial charge on any atom is -0.326 e. The van der Waals surface area contributed by atoms with E-state index >= 15 is 0 Å². The Bertz CT molecular complexity index is 931. The van der Waals surface area contributed by atoms with Crippen LogP contribution in [0.15, 0.2) is 72.8 Å². The van der Waals surface area contributed by atoms with Crippen LogP contribution in [0.3, 0.4) is 0 Å². The summed E-state index contributed by atoms with van der Waals surface area (Å²) in [7, 11) is 0. The zero-order chi connectivity index (χ0) is 19.0. The van der Waals surface area contributed by atoms with Gasteiger partial charge in [0, 0.05) is 16.1 Å². The molecular formula is C24H22ClNO. The molecule has 0 saturated heterocycles. The summed E-state index contributed by atoms with van der Waals surface area (Å²) in [4.78, 5) is 13.0. The Morgan fingerprint density at radius 1 is 0.926 bits per heavy atom. The number of rotatable bonds is 4. The first kappa shape index (κ1) is 17.8. The average Bonchev–Trinajstić information content (AvgIpc) is 3.40. The zero-order valence-electron chi connectivity index (χ0n) is 15.5. The SMILES string of the molecule is Cc1ccc(C2(c3ccc(C)cc3)CC2C(=O)Nc2cccc(Cl)c2)cc1. The Morgan fingerprint density at radius 3 is 2.00 bits per heavy atom. The van der Waals surface area contributed by atoms with Crippen LogP contribution >= 0.6 is 11.6 Å². The predicted molar refractivity (Wildman–Crippen MR) is 111 cm³/mol. The molecule has 27 heavy (non-hydrogen) atoms. The van der Waals surface area contributed by atoms with Gasteiger partial charge in [0.2, 0.25) is 5.91 Å². The van der Waals surface area contributed by atoms with Gasteiger partial charge in [0.15, 0.2) is 0 Å². The van der Waals surface area contributed by atoms with E-state index in [9.17, 15) is 4.79 Å². The van der Waals surface area contributed by atoms with Gasteiger partial charge in [0.25, 0.3) is 0 Å². The van der Waals surface area contributed by atoms with E-state index in [4.69, 9.17) is 11.6 Å². The van der Waals surface area contributed by atoms with Crippen LogP contribution in [-0.2, 0) is 10.2 Å². The highest BCUT2D eigenvalue weighted by Crippen LogP contribution is 2.59. The molecule has 1 saturated carbocycles. The molecule has 0 bridgehead atoms. The number of halogens is 1. The van der Waals surface area contributed by atoms with Crippen LogP contribution < -0.4 is 5.32 Å². The second-order valence-electron chi connectivity index (χ2n) is 7.46. The highest BCUT2D eigenvalue weighted by atomic mass is 35.5. The molecule has 136 valence electrons. The number of carbonyl (C=O) groups excluding carboxylic acids is 1. The predicted octanol–water partition coefficient (Wildman–Crippen LogP) is 5.90. The van der Waals surface area contributed by atoms with Gasteiger partial charge in [-0.25, -0.2) is 0 Å². The van der Waals surface area contributed by atoms with Gasteiger partial charge in [-0.1, -0.05) is 77.3 Å². The van der Waals surface area contributed by atoms with Crippen molar-refractivity contribution in [3.63, 3.8) is 0 Å². The summed E-state index contributed by atoms with van der Waals surface area (Å²) in [5.74, 6) is -0.0553. The number of carbonyl (C=O) groups is 1. The molecule has 1 fully saturated rings. The van der Waals surface area contributed by atoms with Crippen molar-refractivity contribution in [3.05, 3.63) is 100 Å². The lowest BCUT2D eigenvalue weighted by Gasteiger charge is -2.19. The fourth-order valence-electron chi connectivity index (χ4n) is 3.88. The Hall–Kier alpha value is -2.58. The molecule has 1 unspecified atom stereocenters. The van der Waals surface area contributed by atoms with E-state index in [1.54, 1.807) is 12.1 Å². The summed E-state index contributed by atoms with van der Waals surface area (Å²) < 4.78 is 0. The quantitative estimate of drug-likeness (QED) is 0.604. The van der Waals surface area contributed by atoms with Crippen LogP contribution in [0.1, 0.15) is 28.7 Å². The molecule has 1 amide bonds. The monoisotopic (exact) mass is 375 g/mol. The molecular weight excluding hydrogens is 354 g/mol. The molecule has 0 radical (unpaired) electrons. The number of amides is 1. The third-order valence-corrected chi connectivity index (χ3v) is 5.74. The molecule has 1 atom stereocenters. The van der Waals surface area contributed by atoms with Crippen molar-refractivity contribution in [1.29, 1.82) is 0 Å². The fraction of sp³-hybridized carbons (Fsp3) is 0.208. The van der Waals surface area contributed by atoms with Crippen molar-refractivity contribution in [1.82, 2.24) is 0 Å². The largest absolute Gasteiger partial charge is 0.326 e. The van der Waals surface area contributed by atoms with Crippen LogP contribution in [0.2, 0.25) is 5.02 Å². The lowest BCUT2D eigenvalue weighted by atomic mass is 9.85. The summed E-state index contributed by atoms with van der Waals surface area (Å²) in [5.41, 5.74) is 5.31. The van der Waals surface area contributed by atoms with Gasteiger partial charge >= 0.3 is 0 Å². The highest BCUT2D eigenvalue weighted by Gasteiger charge is 2.60. The highest BCUT2D eigenvalue weighted by molar-refractivity contribution is 6.30. The van der Waals surface area contributed by atoms with Crippen LogP contribution in [0.5, 0.6) is 0 Å². The summed E-state index contributed by atoms with van der Waals surface area (Å²) in [6.45, 7) is 4.16. The van der Waals surface area contributed by atoms with Gasteiger partial charge in [-0.3, -0.25) is 4.79 Å². The first-order valence-electron chi connectivity index (χ1n) is 9.20. The van der Waals surface area contributed by atoms with Crippen LogP contribution in [0.25, 0.3) is 0 Å². The molecule has 0 heterocycles. The molecule has 0 aliphatic heterocycles. The normalized spacial score (nSPS) is 17.4. The first-order chi connectivity index (χ1) is 13.0. The Morgan fingerprint density at radius 2 is 1.48 bits per heavy atom. The maximum Gasteiger partial charge on any atom is 0.228 e. The van der Waals surface area contributed by atoms with E-state index in [0.29, 0.717) is 5.02 Å². The number of hydrogen-bond donors (Lipinski definition) is 1. The molecule has 0 spiro atoms. The van der Waals surface area contributed by atoms with Crippen LogP contribution in [0.4, 0.5) is 5.69 Å². The summed E-state index contributed by atoms with van der Waals surface area (Å²) in [6, 6.07) is 24.4. The van der Waals surface area contributed by atoms with Crippen molar-refractivity contribution in [2.75, 3.05) is 5.32 Å². The second-order valence-corrected chi connectivity index (χ2v) is 7.90. The standard InChI is InChI=1S/C24H22ClNO/c1-16-6-10-18(11-7-16)24(19-12-8-17(2)9-13-19)15-22(24)23(27)26-21-5-3-4-20(25)14-21/h3-14,22H,15H2,1-2H3,(H,26,27). The maximum absolute atomic E-state index is 13.0. The van der Waals surface area contributed by atoms with Gasteiger partial charge in [0.1, 0.15) is 0 Å². The number of hydrogen-bond acceptors (Lipinski definition) is 1. The molecule has 3 aromatic rings. The van der Waals surface area contributed by atoms with Gasteiger partial charge in [0.05, 0.1) is 5.92 Å². The molecule has 4 rings (SSSR count). The van der Waals surface area contributed by atoms with Gasteiger partial charge < -0.3 is 5.32 Å². The number of nitrogens with one attached hydrogen (secondary N) is 1. The fourth-order valence-corrected chi connectivity index (χ4v) is 4.07. The van der Waals surface area contributed by atoms with Crippen LogP contribution in [-0.4, -0.2) is 5.91 Å². The lowest BCUT2D eigenvalue weighted by Crippen LogP contribution is -2.22. The Labute approximate surface area is 165 Å². The Balaban J connectivity index is 1.67. The maximum atomic E-state index is 13.0. The summed E-state index contributed by atoms with van der Waals surface area (Å²) in [6.07, 6.45) is 0.811. The van der Waals surface area contributed by atoms with Gasteiger partial charge in [-0.05, 0) is 49.6 Å². The van der Waals surface area contributed by atoms with E-state index in [1.807, 2.05) is 12.1 Å².